The third-order valence-corrected chi connectivity index (χ3v) is 8.98. The van der Waals surface area contributed by atoms with Gasteiger partial charge in [0.15, 0.2) is 5.82 Å². The van der Waals surface area contributed by atoms with Crippen molar-refractivity contribution in [3.63, 3.8) is 0 Å². The van der Waals surface area contributed by atoms with E-state index >= 15 is 0 Å². The number of hydrogen-bond acceptors (Lipinski definition) is 8. The summed E-state index contributed by atoms with van der Waals surface area (Å²) in [6.45, 7) is 7.00. The number of likely N-dealkylation sites (tertiary alicyclic amines) is 1. The van der Waals surface area contributed by atoms with Gasteiger partial charge in [0, 0.05) is 11.7 Å². The van der Waals surface area contributed by atoms with Crippen LogP contribution >= 0.6 is 22.9 Å². The SMILES string of the molecule is CN1CCC(Nc2nc(Nc3ccc(Cl)c(NS(=O)(=O)C(C)(C)C)c3)c3sccc3n2)CC1. The molecule has 33 heavy (non-hydrogen) atoms. The number of hydrogen-bond donors (Lipinski definition) is 3. The third kappa shape index (κ3) is 5.51. The van der Waals surface area contributed by atoms with E-state index in [1.165, 1.54) is 0 Å². The molecule has 178 valence electrons. The number of anilines is 4. The number of fused-ring (bicyclic) bond motifs is 1. The molecule has 0 radical (unpaired) electrons. The van der Waals surface area contributed by atoms with Crippen molar-refractivity contribution in [1.82, 2.24) is 14.9 Å². The third-order valence-electron chi connectivity index (χ3n) is 5.63. The van der Waals surface area contributed by atoms with Crippen molar-refractivity contribution in [2.24, 2.45) is 0 Å². The van der Waals surface area contributed by atoms with Gasteiger partial charge in [0.05, 0.1) is 25.7 Å². The monoisotopic (exact) mass is 508 g/mol. The maximum atomic E-state index is 12.6. The first-order chi connectivity index (χ1) is 15.5. The molecule has 0 atom stereocenters. The van der Waals surface area contributed by atoms with E-state index in [9.17, 15) is 8.42 Å². The van der Waals surface area contributed by atoms with Crippen LogP contribution in [0.15, 0.2) is 29.6 Å². The summed E-state index contributed by atoms with van der Waals surface area (Å²) in [5, 5.41) is 9.11. The molecular weight excluding hydrogens is 480 g/mol. The molecule has 4 rings (SSSR count). The second-order valence-electron chi connectivity index (χ2n) is 9.29. The Morgan fingerprint density at radius 3 is 2.58 bits per heavy atom. The van der Waals surface area contributed by atoms with Crippen molar-refractivity contribution in [3.8, 4) is 0 Å². The van der Waals surface area contributed by atoms with Gasteiger partial charge in [0.25, 0.3) is 0 Å². The van der Waals surface area contributed by atoms with E-state index in [0.29, 0.717) is 34.2 Å². The van der Waals surface area contributed by atoms with Crippen molar-refractivity contribution >= 4 is 66.3 Å². The first-order valence-corrected chi connectivity index (χ1v) is 13.6. The molecular formula is C22H29ClN6O2S2. The second kappa shape index (κ2) is 9.25. The Balaban J connectivity index is 1.60. The molecule has 1 saturated heterocycles. The van der Waals surface area contributed by atoms with Crippen molar-refractivity contribution in [2.75, 3.05) is 35.5 Å². The molecule has 3 aromatic rings. The van der Waals surface area contributed by atoms with Crippen LogP contribution in [0.3, 0.4) is 0 Å². The summed E-state index contributed by atoms with van der Waals surface area (Å²) in [6, 6.07) is 7.44. The minimum absolute atomic E-state index is 0.317. The average Bonchev–Trinajstić information content (AvgIpc) is 3.20. The summed E-state index contributed by atoms with van der Waals surface area (Å²) in [5.41, 5.74) is 1.85. The zero-order valence-corrected chi connectivity index (χ0v) is 21.5. The van der Waals surface area contributed by atoms with Crippen LogP contribution in [0.1, 0.15) is 33.6 Å². The zero-order valence-electron chi connectivity index (χ0n) is 19.1. The number of halogens is 1. The quantitative estimate of drug-likeness (QED) is 0.424. The highest BCUT2D eigenvalue weighted by atomic mass is 35.5. The van der Waals surface area contributed by atoms with E-state index in [2.05, 4.69) is 32.3 Å². The molecule has 2 aromatic heterocycles. The molecule has 1 aliphatic heterocycles. The fraction of sp³-hybridized carbons (Fsp3) is 0.455. The summed E-state index contributed by atoms with van der Waals surface area (Å²) in [7, 11) is -1.48. The Labute approximate surface area is 203 Å². The molecule has 1 aliphatic rings. The lowest BCUT2D eigenvalue weighted by Gasteiger charge is -2.29. The smallest absolute Gasteiger partial charge is 0.237 e. The van der Waals surface area contributed by atoms with Crippen LogP contribution in [-0.4, -0.2) is 54.2 Å². The first-order valence-electron chi connectivity index (χ1n) is 10.8. The van der Waals surface area contributed by atoms with Gasteiger partial charge in [-0.3, -0.25) is 4.72 Å². The van der Waals surface area contributed by atoms with Gasteiger partial charge < -0.3 is 15.5 Å². The number of benzene rings is 1. The van der Waals surface area contributed by atoms with Gasteiger partial charge >= 0.3 is 0 Å². The normalized spacial score (nSPS) is 16.2. The largest absolute Gasteiger partial charge is 0.351 e. The molecule has 1 fully saturated rings. The number of sulfonamides is 1. The fourth-order valence-corrected chi connectivity index (χ4v) is 5.23. The summed E-state index contributed by atoms with van der Waals surface area (Å²) in [4.78, 5) is 11.7. The van der Waals surface area contributed by atoms with Crippen LogP contribution in [0.2, 0.25) is 5.02 Å². The number of thiophene rings is 1. The van der Waals surface area contributed by atoms with Gasteiger partial charge in [-0.15, -0.1) is 11.3 Å². The minimum Gasteiger partial charge on any atom is -0.351 e. The van der Waals surface area contributed by atoms with Crippen LogP contribution in [0, 0.1) is 0 Å². The molecule has 0 unspecified atom stereocenters. The average molecular weight is 509 g/mol. The summed E-state index contributed by atoms with van der Waals surface area (Å²) in [6.07, 6.45) is 2.08. The Bertz CT molecular complexity index is 1250. The molecule has 3 heterocycles. The Morgan fingerprint density at radius 1 is 1.15 bits per heavy atom. The van der Waals surface area contributed by atoms with E-state index in [1.54, 1.807) is 50.3 Å². The van der Waals surface area contributed by atoms with E-state index in [4.69, 9.17) is 16.6 Å². The van der Waals surface area contributed by atoms with Crippen molar-refractivity contribution < 1.29 is 8.42 Å². The highest BCUT2D eigenvalue weighted by molar-refractivity contribution is 7.94. The fourth-order valence-electron chi connectivity index (χ4n) is 3.46. The molecule has 1 aromatic carbocycles. The maximum Gasteiger partial charge on any atom is 0.237 e. The van der Waals surface area contributed by atoms with Crippen molar-refractivity contribution in [2.45, 2.75) is 44.4 Å². The first kappa shape index (κ1) is 24.0. The molecule has 8 nitrogen and oxygen atoms in total. The van der Waals surface area contributed by atoms with Crippen LogP contribution in [0.5, 0.6) is 0 Å². The lowest BCUT2D eigenvalue weighted by molar-refractivity contribution is 0.263. The minimum atomic E-state index is -3.61. The topological polar surface area (TPSA) is 99.2 Å². The molecule has 0 aliphatic carbocycles. The van der Waals surface area contributed by atoms with Crippen LogP contribution < -0.4 is 15.4 Å². The van der Waals surface area contributed by atoms with E-state index < -0.39 is 14.8 Å². The van der Waals surface area contributed by atoms with Gasteiger partial charge in [0.1, 0.15) is 0 Å². The summed E-state index contributed by atoms with van der Waals surface area (Å²) >= 11 is 7.83. The summed E-state index contributed by atoms with van der Waals surface area (Å²) < 4.78 is 27.8. The molecule has 0 spiro atoms. The highest BCUT2D eigenvalue weighted by Crippen LogP contribution is 2.33. The lowest BCUT2D eigenvalue weighted by Crippen LogP contribution is -2.37. The molecule has 11 heteroatoms. The number of aromatic nitrogens is 2. The van der Waals surface area contributed by atoms with Gasteiger partial charge in [-0.1, -0.05) is 11.6 Å². The Morgan fingerprint density at radius 2 is 1.88 bits per heavy atom. The molecule has 3 N–H and O–H groups in total. The molecule has 0 bridgehead atoms. The number of nitrogens with one attached hydrogen (secondary N) is 3. The lowest BCUT2D eigenvalue weighted by atomic mass is 10.1. The van der Waals surface area contributed by atoms with E-state index in [-0.39, 0.29) is 0 Å². The Hall–Kier alpha value is -2.14. The highest BCUT2D eigenvalue weighted by Gasteiger charge is 2.29. The number of nitrogens with zero attached hydrogens (tertiary/aromatic N) is 3. The van der Waals surface area contributed by atoms with Crippen LogP contribution in [-0.2, 0) is 10.0 Å². The zero-order chi connectivity index (χ0) is 23.8. The predicted octanol–water partition coefficient (Wildman–Crippen LogP) is 5.13. The molecule has 0 saturated carbocycles. The van der Waals surface area contributed by atoms with Gasteiger partial charge in [-0.2, -0.15) is 4.98 Å². The maximum absolute atomic E-state index is 12.6. The van der Waals surface area contributed by atoms with Crippen LogP contribution in [0.4, 0.5) is 23.1 Å². The van der Waals surface area contributed by atoms with Crippen molar-refractivity contribution in [3.05, 3.63) is 34.7 Å². The standard InChI is InChI=1S/C22H29ClN6O2S2/c1-22(2,3)33(30,31)28-18-13-15(5-6-16(18)23)24-20-19-17(9-12-32-19)26-21(27-20)25-14-7-10-29(4)11-8-14/h5-6,9,12-14,28H,7-8,10-11H2,1-4H3,(H2,24,25,26,27). The van der Waals surface area contributed by atoms with Crippen LogP contribution in [0.25, 0.3) is 10.2 Å². The van der Waals surface area contributed by atoms with Gasteiger partial charge in [-0.25, -0.2) is 13.4 Å². The Kier molecular flexibility index (Phi) is 6.73. The van der Waals surface area contributed by atoms with E-state index in [1.807, 2.05) is 11.4 Å². The number of rotatable bonds is 6. The van der Waals surface area contributed by atoms with Crippen molar-refractivity contribution in [1.29, 1.82) is 0 Å². The summed E-state index contributed by atoms with van der Waals surface area (Å²) in [5.74, 6) is 1.25. The van der Waals surface area contributed by atoms with E-state index in [0.717, 1.165) is 36.1 Å². The molecule has 0 amide bonds. The van der Waals surface area contributed by atoms with Gasteiger partial charge in [-0.05, 0) is 83.4 Å². The second-order valence-corrected chi connectivity index (χ2v) is 13.0. The number of piperidine rings is 1. The predicted molar refractivity (Wildman–Crippen MR) is 139 cm³/mol. The van der Waals surface area contributed by atoms with Gasteiger partial charge in [0.2, 0.25) is 16.0 Å².